The Morgan fingerprint density at radius 2 is 1.72 bits per heavy atom. The third-order valence-corrected chi connectivity index (χ3v) is 6.00. The van der Waals surface area contributed by atoms with Crippen molar-refractivity contribution < 1.29 is 0 Å². The molecule has 144 valence electrons. The van der Waals surface area contributed by atoms with Gasteiger partial charge < -0.3 is 10.2 Å². The van der Waals surface area contributed by atoms with Gasteiger partial charge in [0.15, 0.2) is 5.65 Å². The van der Waals surface area contributed by atoms with E-state index in [0.29, 0.717) is 12.0 Å². The maximum absolute atomic E-state index is 4.95. The van der Waals surface area contributed by atoms with E-state index in [4.69, 9.17) is 9.97 Å². The molecule has 2 aromatic carbocycles. The minimum absolute atomic E-state index is 0.321. The van der Waals surface area contributed by atoms with E-state index in [9.17, 15) is 0 Å². The largest absolute Gasteiger partial charge is 0.351 e. The first-order valence-electron chi connectivity index (χ1n) is 10.2. The molecule has 1 aliphatic heterocycles. The number of aromatic nitrogens is 4. The molecule has 2 N–H and O–H groups in total. The molecular formula is C23H22N6. The van der Waals surface area contributed by atoms with Crippen LogP contribution in [0.4, 0.5) is 11.8 Å². The van der Waals surface area contributed by atoms with Gasteiger partial charge in [-0.3, -0.25) is 5.10 Å². The standard InChI is InChI=1S/C23H22N6/c1-2-6-15(7-3-1)14-29-11-10-19-20-21(28-27-19)25-23(26-22(20)29)24-18-12-16-8-4-5-9-17(16)13-18/h1-9,18H,10-14H2,(H2,24,25,26,27,28). The molecule has 0 bridgehead atoms. The lowest BCUT2D eigenvalue weighted by Crippen LogP contribution is -2.30. The van der Waals surface area contributed by atoms with Gasteiger partial charge in [-0.15, -0.1) is 0 Å². The normalized spacial score (nSPS) is 15.7. The molecule has 0 radical (unpaired) electrons. The highest BCUT2D eigenvalue weighted by atomic mass is 15.3. The zero-order chi connectivity index (χ0) is 19.2. The predicted octanol–water partition coefficient (Wildman–Crippen LogP) is 3.49. The van der Waals surface area contributed by atoms with Gasteiger partial charge in [0.25, 0.3) is 0 Å². The molecule has 0 saturated carbocycles. The summed E-state index contributed by atoms with van der Waals surface area (Å²) in [7, 11) is 0. The van der Waals surface area contributed by atoms with Gasteiger partial charge in [0.1, 0.15) is 5.82 Å². The van der Waals surface area contributed by atoms with E-state index in [0.717, 1.165) is 54.9 Å². The molecule has 6 heteroatoms. The first kappa shape index (κ1) is 16.5. The van der Waals surface area contributed by atoms with Crippen molar-refractivity contribution >= 4 is 22.8 Å². The highest BCUT2D eigenvalue weighted by Gasteiger charge is 2.26. The number of benzene rings is 2. The van der Waals surface area contributed by atoms with Gasteiger partial charge in [-0.25, -0.2) is 0 Å². The molecule has 29 heavy (non-hydrogen) atoms. The van der Waals surface area contributed by atoms with Crippen LogP contribution in [0, 0.1) is 0 Å². The number of anilines is 2. The van der Waals surface area contributed by atoms with E-state index in [2.05, 4.69) is 75.0 Å². The van der Waals surface area contributed by atoms with Gasteiger partial charge >= 0.3 is 0 Å². The average Bonchev–Trinajstić information content (AvgIpc) is 3.35. The number of nitrogens with one attached hydrogen (secondary N) is 2. The summed E-state index contributed by atoms with van der Waals surface area (Å²) in [5.41, 5.74) is 6.01. The monoisotopic (exact) mass is 382 g/mol. The first-order chi connectivity index (χ1) is 14.3. The summed E-state index contributed by atoms with van der Waals surface area (Å²) in [6, 6.07) is 19.5. The van der Waals surface area contributed by atoms with Crippen LogP contribution in [0.25, 0.3) is 11.0 Å². The summed E-state index contributed by atoms with van der Waals surface area (Å²) in [6.45, 7) is 1.76. The molecule has 0 fully saturated rings. The summed E-state index contributed by atoms with van der Waals surface area (Å²) in [6.07, 6.45) is 2.95. The molecule has 0 saturated heterocycles. The van der Waals surface area contributed by atoms with Crippen LogP contribution in [0.3, 0.4) is 0 Å². The van der Waals surface area contributed by atoms with E-state index in [1.807, 2.05) is 0 Å². The van der Waals surface area contributed by atoms with Crippen molar-refractivity contribution in [3.05, 3.63) is 77.0 Å². The van der Waals surface area contributed by atoms with Crippen molar-refractivity contribution in [1.82, 2.24) is 20.2 Å². The number of fused-ring (bicyclic) bond motifs is 1. The topological polar surface area (TPSA) is 69.7 Å². The smallest absolute Gasteiger partial charge is 0.227 e. The van der Waals surface area contributed by atoms with Crippen molar-refractivity contribution in [2.75, 3.05) is 16.8 Å². The van der Waals surface area contributed by atoms with E-state index < -0.39 is 0 Å². The third kappa shape index (κ3) is 2.92. The molecular weight excluding hydrogens is 360 g/mol. The van der Waals surface area contributed by atoms with Gasteiger partial charge in [0.05, 0.1) is 11.1 Å². The van der Waals surface area contributed by atoms with Crippen LogP contribution < -0.4 is 10.2 Å². The van der Waals surface area contributed by atoms with Crippen molar-refractivity contribution in [2.45, 2.75) is 31.8 Å². The highest BCUT2D eigenvalue weighted by molar-refractivity contribution is 5.91. The minimum atomic E-state index is 0.321. The van der Waals surface area contributed by atoms with Crippen molar-refractivity contribution in [3.8, 4) is 0 Å². The Labute approximate surface area is 169 Å². The van der Waals surface area contributed by atoms with Gasteiger partial charge in [-0.05, 0) is 29.5 Å². The van der Waals surface area contributed by atoms with E-state index in [-0.39, 0.29) is 0 Å². The Bertz CT molecular complexity index is 1160. The average molecular weight is 382 g/mol. The summed E-state index contributed by atoms with van der Waals surface area (Å²) in [4.78, 5) is 12.0. The SMILES string of the molecule is c1ccc(CN2CCc3[nH]nc4nc(NC5Cc6ccccc6C5)nc2c34)cc1. The molecule has 2 aliphatic rings. The molecule has 0 spiro atoms. The Morgan fingerprint density at radius 3 is 2.52 bits per heavy atom. The number of nitrogens with zero attached hydrogens (tertiary/aromatic N) is 4. The van der Waals surface area contributed by atoms with Crippen LogP contribution in [0.1, 0.15) is 22.4 Å². The maximum Gasteiger partial charge on any atom is 0.227 e. The van der Waals surface area contributed by atoms with E-state index in [1.54, 1.807) is 0 Å². The van der Waals surface area contributed by atoms with Crippen LogP contribution in [-0.4, -0.2) is 32.8 Å². The summed E-state index contributed by atoms with van der Waals surface area (Å²) >= 11 is 0. The lowest BCUT2D eigenvalue weighted by atomic mass is 10.1. The Balaban J connectivity index is 1.32. The van der Waals surface area contributed by atoms with Crippen LogP contribution in [-0.2, 0) is 25.8 Å². The highest BCUT2D eigenvalue weighted by Crippen LogP contribution is 2.33. The van der Waals surface area contributed by atoms with Gasteiger partial charge in [-0.1, -0.05) is 54.6 Å². The molecule has 0 unspecified atom stereocenters. The molecule has 1 aliphatic carbocycles. The maximum atomic E-state index is 4.95. The van der Waals surface area contributed by atoms with E-state index in [1.165, 1.54) is 16.7 Å². The molecule has 6 rings (SSSR count). The zero-order valence-electron chi connectivity index (χ0n) is 16.1. The van der Waals surface area contributed by atoms with Crippen LogP contribution in [0.5, 0.6) is 0 Å². The minimum Gasteiger partial charge on any atom is -0.351 e. The fourth-order valence-electron chi connectivity index (χ4n) is 4.59. The summed E-state index contributed by atoms with van der Waals surface area (Å²) in [5.74, 6) is 1.65. The first-order valence-corrected chi connectivity index (χ1v) is 10.2. The molecule has 4 aromatic rings. The number of rotatable bonds is 4. The van der Waals surface area contributed by atoms with Crippen molar-refractivity contribution in [3.63, 3.8) is 0 Å². The number of aromatic amines is 1. The lowest BCUT2D eigenvalue weighted by molar-refractivity contribution is 0.739. The Hall–Kier alpha value is -3.41. The third-order valence-electron chi connectivity index (χ3n) is 6.00. The molecule has 3 heterocycles. The molecule has 2 aromatic heterocycles. The van der Waals surface area contributed by atoms with Gasteiger partial charge in [0.2, 0.25) is 5.95 Å². The van der Waals surface area contributed by atoms with Gasteiger partial charge in [-0.2, -0.15) is 15.1 Å². The second kappa shape index (κ2) is 6.58. The number of hydrogen-bond donors (Lipinski definition) is 2. The Kier molecular flexibility index (Phi) is 3.75. The van der Waals surface area contributed by atoms with E-state index >= 15 is 0 Å². The predicted molar refractivity (Wildman–Crippen MR) is 114 cm³/mol. The fourth-order valence-corrected chi connectivity index (χ4v) is 4.59. The van der Waals surface area contributed by atoms with Crippen molar-refractivity contribution in [2.24, 2.45) is 0 Å². The lowest BCUT2D eigenvalue weighted by Gasteiger charge is -2.28. The molecule has 0 amide bonds. The van der Waals surface area contributed by atoms with Gasteiger partial charge in [0, 0.05) is 25.6 Å². The van der Waals surface area contributed by atoms with Crippen LogP contribution in [0.2, 0.25) is 0 Å². The fraction of sp³-hybridized carbons (Fsp3) is 0.261. The molecule has 0 atom stereocenters. The zero-order valence-corrected chi connectivity index (χ0v) is 16.1. The van der Waals surface area contributed by atoms with Crippen LogP contribution in [0.15, 0.2) is 54.6 Å². The number of hydrogen-bond acceptors (Lipinski definition) is 5. The Morgan fingerprint density at radius 1 is 0.966 bits per heavy atom. The molecule has 6 nitrogen and oxygen atoms in total. The second-order valence-electron chi connectivity index (χ2n) is 7.95. The second-order valence-corrected chi connectivity index (χ2v) is 7.95. The number of H-pyrrole nitrogens is 1. The van der Waals surface area contributed by atoms with Crippen LogP contribution >= 0.6 is 0 Å². The summed E-state index contributed by atoms with van der Waals surface area (Å²) in [5, 5.41) is 12.3. The van der Waals surface area contributed by atoms with Crippen molar-refractivity contribution in [1.29, 1.82) is 0 Å². The summed E-state index contributed by atoms with van der Waals surface area (Å²) < 4.78 is 0. The quantitative estimate of drug-likeness (QED) is 0.565.